The summed E-state index contributed by atoms with van der Waals surface area (Å²) in [4.78, 5) is 11.1. The van der Waals surface area contributed by atoms with Gasteiger partial charge in [-0.25, -0.2) is 5.84 Å². The molecule has 0 spiro atoms. The first-order chi connectivity index (χ1) is 5.29. The van der Waals surface area contributed by atoms with Gasteiger partial charge in [0.25, 0.3) is 0 Å². The molecular weight excluding hydrogens is 144 g/mol. The molecule has 0 aromatic heterocycles. The Hall–Kier alpha value is -0.610. The Morgan fingerprint density at radius 3 is 3.09 bits per heavy atom. The van der Waals surface area contributed by atoms with E-state index in [9.17, 15) is 4.79 Å². The summed E-state index contributed by atoms with van der Waals surface area (Å²) in [6, 6.07) is 0. The Bertz CT molecular complexity index is 149. The van der Waals surface area contributed by atoms with Gasteiger partial charge in [-0.3, -0.25) is 10.2 Å². The number of hydrogen-bond acceptors (Lipinski definition) is 3. The number of rotatable bonds is 2. The molecule has 1 fully saturated rings. The average molecular weight is 158 g/mol. The molecule has 64 valence electrons. The molecule has 0 radical (unpaired) electrons. The Balaban J connectivity index is 2.49. The van der Waals surface area contributed by atoms with Gasteiger partial charge in [0.1, 0.15) is 0 Å². The minimum Gasteiger partial charge on any atom is -0.377 e. The van der Waals surface area contributed by atoms with Gasteiger partial charge in [0.15, 0.2) is 0 Å². The molecule has 0 aromatic carbocycles. The lowest BCUT2D eigenvalue weighted by molar-refractivity contribution is -0.126. The second-order valence-corrected chi connectivity index (χ2v) is 2.72. The van der Waals surface area contributed by atoms with Crippen LogP contribution in [0.15, 0.2) is 0 Å². The summed E-state index contributed by atoms with van der Waals surface area (Å²) in [5.74, 6) is 4.87. The van der Waals surface area contributed by atoms with Crippen molar-refractivity contribution in [3.05, 3.63) is 0 Å². The molecule has 0 saturated carbocycles. The van der Waals surface area contributed by atoms with Gasteiger partial charge in [-0.15, -0.1) is 0 Å². The van der Waals surface area contributed by atoms with Crippen LogP contribution in [0, 0.1) is 5.92 Å². The minimum atomic E-state index is -0.102. The lowest BCUT2D eigenvalue weighted by atomic mass is 9.99. The largest absolute Gasteiger partial charge is 0.377 e. The number of hydrazine groups is 1. The summed E-state index contributed by atoms with van der Waals surface area (Å²) in [5, 5.41) is 0. The predicted molar refractivity (Wildman–Crippen MR) is 40.5 cm³/mol. The summed E-state index contributed by atoms with van der Waals surface area (Å²) in [6.45, 7) is 2.68. The number of hydrogen-bond donors (Lipinski definition) is 2. The van der Waals surface area contributed by atoms with E-state index in [0.29, 0.717) is 6.61 Å². The van der Waals surface area contributed by atoms with E-state index in [1.54, 1.807) is 0 Å². The van der Waals surface area contributed by atoms with Gasteiger partial charge in [0.2, 0.25) is 5.91 Å². The summed E-state index contributed by atoms with van der Waals surface area (Å²) >= 11 is 0. The van der Waals surface area contributed by atoms with Gasteiger partial charge in [0.05, 0.1) is 12.0 Å². The second kappa shape index (κ2) is 3.69. The highest BCUT2D eigenvalue weighted by molar-refractivity contribution is 5.78. The van der Waals surface area contributed by atoms with Crippen molar-refractivity contribution in [1.82, 2.24) is 5.43 Å². The fourth-order valence-electron chi connectivity index (χ4n) is 1.46. The molecule has 0 bridgehead atoms. The standard InChI is InChI=1S/C7H14N2O2/c1-2-6-5(3-4-11-6)7(10)9-8/h5-6H,2-4,8H2,1H3,(H,9,10). The Morgan fingerprint density at radius 1 is 1.82 bits per heavy atom. The third-order valence-corrected chi connectivity index (χ3v) is 2.09. The first-order valence-corrected chi connectivity index (χ1v) is 3.91. The van der Waals surface area contributed by atoms with Crippen molar-refractivity contribution >= 4 is 5.91 Å². The van der Waals surface area contributed by atoms with Gasteiger partial charge in [-0.1, -0.05) is 6.92 Å². The van der Waals surface area contributed by atoms with Gasteiger partial charge in [0, 0.05) is 6.61 Å². The molecule has 2 atom stereocenters. The third-order valence-electron chi connectivity index (χ3n) is 2.09. The van der Waals surface area contributed by atoms with E-state index >= 15 is 0 Å². The Morgan fingerprint density at radius 2 is 2.55 bits per heavy atom. The number of nitrogens with two attached hydrogens (primary N) is 1. The van der Waals surface area contributed by atoms with Crippen molar-refractivity contribution in [1.29, 1.82) is 0 Å². The van der Waals surface area contributed by atoms with Crippen molar-refractivity contribution in [3.63, 3.8) is 0 Å². The van der Waals surface area contributed by atoms with Crippen LogP contribution in [-0.4, -0.2) is 18.6 Å². The minimum absolute atomic E-state index is 0.0370. The first-order valence-electron chi connectivity index (χ1n) is 3.91. The van der Waals surface area contributed by atoms with Crippen LogP contribution in [0.1, 0.15) is 19.8 Å². The van der Waals surface area contributed by atoms with Crippen molar-refractivity contribution < 1.29 is 9.53 Å². The van der Waals surface area contributed by atoms with E-state index in [4.69, 9.17) is 10.6 Å². The van der Waals surface area contributed by atoms with E-state index in [1.165, 1.54) is 0 Å². The van der Waals surface area contributed by atoms with Crippen molar-refractivity contribution in [2.45, 2.75) is 25.9 Å². The van der Waals surface area contributed by atoms with Crippen molar-refractivity contribution in [2.75, 3.05) is 6.61 Å². The van der Waals surface area contributed by atoms with Crippen LogP contribution in [0.5, 0.6) is 0 Å². The van der Waals surface area contributed by atoms with Crippen molar-refractivity contribution in [2.24, 2.45) is 11.8 Å². The summed E-state index contributed by atoms with van der Waals surface area (Å²) < 4.78 is 5.32. The maximum absolute atomic E-state index is 11.1. The molecule has 1 aliphatic heterocycles. The maximum atomic E-state index is 11.1. The molecule has 0 aromatic rings. The SMILES string of the molecule is CCC1OCCC1C(=O)NN. The molecule has 4 heteroatoms. The maximum Gasteiger partial charge on any atom is 0.239 e. The average Bonchev–Trinajstić information content (AvgIpc) is 2.50. The van der Waals surface area contributed by atoms with E-state index in [2.05, 4.69) is 5.43 Å². The number of nitrogens with one attached hydrogen (secondary N) is 1. The topological polar surface area (TPSA) is 64.3 Å². The van der Waals surface area contributed by atoms with Gasteiger partial charge in [-0.2, -0.15) is 0 Å². The molecular formula is C7H14N2O2. The zero-order valence-electron chi connectivity index (χ0n) is 6.67. The van der Waals surface area contributed by atoms with Gasteiger partial charge >= 0.3 is 0 Å². The Kier molecular flexibility index (Phi) is 2.84. The highest BCUT2D eigenvalue weighted by Gasteiger charge is 2.31. The van der Waals surface area contributed by atoms with E-state index < -0.39 is 0 Å². The molecule has 0 aliphatic carbocycles. The van der Waals surface area contributed by atoms with Crippen LogP contribution in [0.4, 0.5) is 0 Å². The highest BCUT2D eigenvalue weighted by atomic mass is 16.5. The summed E-state index contributed by atoms with van der Waals surface area (Å²) in [7, 11) is 0. The molecule has 1 amide bonds. The van der Waals surface area contributed by atoms with Crippen molar-refractivity contribution in [3.8, 4) is 0 Å². The number of amides is 1. The lowest BCUT2D eigenvalue weighted by Gasteiger charge is -2.13. The Labute approximate surface area is 66.1 Å². The van der Waals surface area contributed by atoms with Crippen LogP contribution >= 0.6 is 0 Å². The highest BCUT2D eigenvalue weighted by Crippen LogP contribution is 2.22. The third kappa shape index (κ3) is 1.70. The van der Waals surface area contributed by atoms with Crippen LogP contribution < -0.4 is 11.3 Å². The molecule has 1 heterocycles. The molecule has 1 rings (SSSR count). The van der Waals surface area contributed by atoms with Crippen LogP contribution in [0.3, 0.4) is 0 Å². The fourth-order valence-corrected chi connectivity index (χ4v) is 1.46. The molecule has 11 heavy (non-hydrogen) atoms. The lowest BCUT2D eigenvalue weighted by Crippen LogP contribution is -2.39. The normalized spacial score (nSPS) is 30.4. The van der Waals surface area contributed by atoms with E-state index in [-0.39, 0.29) is 17.9 Å². The van der Waals surface area contributed by atoms with Crippen LogP contribution in [0.25, 0.3) is 0 Å². The first kappa shape index (κ1) is 8.49. The van der Waals surface area contributed by atoms with E-state index in [1.807, 2.05) is 6.92 Å². The summed E-state index contributed by atoms with van der Waals surface area (Å²) in [5.41, 5.74) is 2.15. The zero-order valence-corrected chi connectivity index (χ0v) is 6.67. The number of carbonyl (C=O) groups is 1. The second-order valence-electron chi connectivity index (χ2n) is 2.72. The van der Waals surface area contributed by atoms with Gasteiger partial charge in [-0.05, 0) is 12.8 Å². The fraction of sp³-hybridized carbons (Fsp3) is 0.857. The monoisotopic (exact) mass is 158 g/mol. The predicted octanol–water partition coefficient (Wildman–Crippen LogP) is -0.209. The number of ether oxygens (including phenoxy) is 1. The van der Waals surface area contributed by atoms with Gasteiger partial charge < -0.3 is 4.74 Å². The molecule has 4 nitrogen and oxygen atoms in total. The molecule has 3 N–H and O–H groups in total. The van der Waals surface area contributed by atoms with E-state index in [0.717, 1.165) is 12.8 Å². The molecule has 1 aliphatic rings. The molecule has 1 saturated heterocycles. The van der Waals surface area contributed by atoms with Crippen LogP contribution in [0.2, 0.25) is 0 Å². The number of carbonyl (C=O) groups excluding carboxylic acids is 1. The summed E-state index contributed by atoms with van der Waals surface area (Å²) in [6.07, 6.45) is 1.73. The smallest absolute Gasteiger partial charge is 0.239 e. The quantitative estimate of drug-likeness (QED) is 0.332. The molecule has 2 unspecified atom stereocenters. The van der Waals surface area contributed by atoms with Crippen LogP contribution in [-0.2, 0) is 9.53 Å². The zero-order chi connectivity index (χ0) is 8.27.